The number of hydrogen-bond donors (Lipinski definition) is 1. The van der Waals surface area contributed by atoms with Crippen molar-refractivity contribution in [1.29, 1.82) is 0 Å². The lowest BCUT2D eigenvalue weighted by Crippen LogP contribution is -2.65. The van der Waals surface area contributed by atoms with Gasteiger partial charge in [-0.15, -0.1) is 0 Å². The van der Waals surface area contributed by atoms with Gasteiger partial charge in [-0.25, -0.2) is 4.98 Å². The number of ether oxygens (including phenoxy) is 1. The third-order valence-corrected chi connectivity index (χ3v) is 14.4. The lowest BCUT2D eigenvalue weighted by atomic mass is 9.33. The molecule has 0 amide bonds. The first-order chi connectivity index (χ1) is 19.6. The maximum absolute atomic E-state index is 12.9. The summed E-state index contributed by atoms with van der Waals surface area (Å²) in [4.78, 5) is 29.9. The van der Waals surface area contributed by atoms with Gasteiger partial charge in [0.15, 0.2) is 0 Å². The average molecular weight is 579 g/mol. The van der Waals surface area contributed by atoms with Crippen LogP contribution in [0.1, 0.15) is 119 Å². The summed E-state index contributed by atoms with van der Waals surface area (Å²) in [7, 11) is 0. The van der Waals surface area contributed by atoms with Gasteiger partial charge in [0, 0.05) is 24.4 Å². The largest absolute Gasteiger partial charge is 0.481 e. The number of carboxylic acid groups (broad SMARTS) is 1. The number of hydrogen-bond acceptors (Lipinski definition) is 4. The Kier molecular flexibility index (Phi) is 6.91. The maximum atomic E-state index is 12.9. The summed E-state index contributed by atoms with van der Waals surface area (Å²) in [5, 5.41) is 10.6. The van der Waals surface area contributed by atoms with Crippen LogP contribution in [-0.2, 0) is 20.9 Å². The van der Waals surface area contributed by atoms with Crippen LogP contribution < -0.4 is 0 Å². The summed E-state index contributed by atoms with van der Waals surface area (Å²) >= 11 is 0. The minimum atomic E-state index is -0.590. The fourth-order valence-corrected chi connectivity index (χ4v) is 11.7. The molecule has 5 aliphatic carbocycles. The van der Waals surface area contributed by atoms with E-state index in [1.807, 2.05) is 10.8 Å². The topological polar surface area (TPSA) is 81.4 Å². The van der Waals surface area contributed by atoms with Crippen LogP contribution in [0.25, 0.3) is 0 Å². The van der Waals surface area contributed by atoms with Crippen LogP contribution in [0.2, 0.25) is 0 Å². The zero-order valence-corrected chi connectivity index (χ0v) is 27.2. The zero-order chi connectivity index (χ0) is 30.3. The van der Waals surface area contributed by atoms with Gasteiger partial charge in [0.2, 0.25) is 0 Å². The smallest absolute Gasteiger partial charge is 0.310 e. The van der Waals surface area contributed by atoms with Crippen LogP contribution >= 0.6 is 0 Å². The minimum absolute atomic E-state index is 0.0295. The van der Waals surface area contributed by atoms with E-state index in [1.165, 1.54) is 5.57 Å². The molecule has 2 unspecified atom stereocenters. The maximum Gasteiger partial charge on any atom is 0.310 e. The molecule has 4 saturated carbocycles. The Balaban J connectivity index is 1.27. The number of rotatable bonds is 5. The molecule has 8 atom stereocenters. The molecule has 42 heavy (non-hydrogen) atoms. The molecule has 6 nitrogen and oxygen atoms in total. The fourth-order valence-electron chi connectivity index (χ4n) is 11.7. The molecule has 6 rings (SSSR count). The van der Waals surface area contributed by atoms with E-state index >= 15 is 0 Å². The summed E-state index contributed by atoms with van der Waals surface area (Å²) in [6.07, 6.45) is 18.2. The number of aromatic nitrogens is 2. The van der Waals surface area contributed by atoms with E-state index in [4.69, 9.17) is 4.74 Å². The Morgan fingerprint density at radius 2 is 1.71 bits per heavy atom. The Morgan fingerprint density at radius 1 is 0.976 bits per heavy atom. The number of carboxylic acids is 1. The first-order valence-electron chi connectivity index (χ1n) is 16.7. The van der Waals surface area contributed by atoms with Crippen molar-refractivity contribution < 1.29 is 19.4 Å². The van der Waals surface area contributed by atoms with Crippen LogP contribution in [0.15, 0.2) is 30.4 Å². The van der Waals surface area contributed by atoms with E-state index < -0.39 is 11.4 Å². The highest BCUT2D eigenvalue weighted by Crippen LogP contribution is 2.75. The summed E-state index contributed by atoms with van der Waals surface area (Å²) in [6, 6.07) is 0. The van der Waals surface area contributed by atoms with Crippen molar-refractivity contribution in [2.24, 2.45) is 50.2 Å². The van der Waals surface area contributed by atoms with Crippen molar-refractivity contribution in [2.75, 3.05) is 0 Å². The van der Waals surface area contributed by atoms with Crippen molar-refractivity contribution in [3.63, 3.8) is 0 Å². The Labute approximate surface area is 253 Å². The molecular weight excluding hydrogens is 524 g/mol. The predicted molar refractivity (Wildman–Crippen MR) is 163 cm³/mol. The third-order valence-electron chi connectivity index (χ3n) is 14.4. The van der Waals surface area contributed by atoms with Crippen LogP contribution in [0.3, 0.4) is 0 Å². The van der Waals surface area contributed by atoms with Crippen molar-refractivity contribution in [1.82, 2.24) is 9.55 Å². The number of allylic oxidation sites excluding steroid dienone is 2. The average Bonchev–Trinajstić information content (AvgIpc) is 3.43. The van der Waals surface area contributed by atoms with Crippen molar-refractivity contribution >= 4 is 11.9 Å². The number of aliphatic carboxylic acids is 1. The van der Waals surface area contributed by atoms with Crippen molar-refractivity contribution in [2.45, 2.75) is 132 Å². The lowest BCUT2D eigenvalue weighted by molar-refractivity contribution is -0.214. The van der Waals surface area contributed by atoms with Crippen molar-refractivity contribution in [3.8, 4) is 0 Å². The van der Waals surface area contributed by atoms with Crippen LogP contribution in [0, 0.1) is 50.2 Å². The molecular formula is C36H54N2O4. The van der Waals surface area contributed by atoms with E-state index in [1.54, 1.807) is 12.5 Å². The standard InChI is InChI=1S/C36H54N2O4/c1-31(2)15-17-36(30(40)41)18-16-34(6)24(25(36)22-31)8-9-27-33(5)13-11-28(32(3,4)26(33)10-14-35(27,34)7)42-29(39)12-20-38-21-19-37-23-38/h8,19,21,23,25-28H,9-18,20,22H2,1-7H3,(H,40,41)/t25-,26?,27?,28-,33-,34+,35+,36-/m0/s1. The molecule has 0 spiro atoms. The highest BCUT2D eigenvalue weighted by atomic mass is 16.5. The van der Waals surface area contributed by atoms with E-state index in [-0.39, 0.29) is 45.1 Å². The summed E-state index contributed by atoms with van der Waals surface area (Å²) in [5.41, 5.74) is 1.32. The van der Waals surface area contributed by atoms with Gasteiger partial charge in [0.05, 0.1) is 18.2 Å². The van der Waals surface area contributed by atoms with Crippen LogP contribution in [0.4, 0.5) is 0 Å². The number of imidazole rings is 1. The molecule has 0 aromatic carbocycles. The van der Waals surface area contributed by atoms with Gasteiger partial charge in [0.1, 0.15) is 6.10 Å². The Hall–Kier alpha value is -2.11. The fraction of sp³-hybridized carbons (Fsp3) is 0.806. The molecule has 1 aromatic heterocycles. The number of nitrogens with zero attached hydrogens (tertiary/aromatic N) is 2. The van der Waals surface area contributed by atoms with Gasteiger partial charge >= 0.3 is 11.9 Å². The molecule has 4 fully saturated rings. The highest BCUT2D eigenvalue weighted by molar-refractivity contribution is 5.76. The van der Waals surface area contributed by atoms with Gasteiger partial charge < -0.3 is 14.4 Å². The van der Waals surface area contributed by atoms with Gasteiger partial charge in [0.25, 0.3) is 0 Å². The summed E-state index contributed by atoms with van der Waals surface area (Å²) in [5.74, 6) is 0.507. The molecule has 5 aliphatic rings. The number of carbonyl (C=O) groups excluding carboxylic acids is 1. The van der Waals surface area contributed by atoms with E-state index in [0.29, 0.717) is 24.8 Å². The second kappa shape index (κ2) is 9.69. The molecule has 0 radical (unpaired) electrons. The number of fused-ring (bicyclic) bond motifs is 7. The van der Waals surface area contributed by atoms with Gasteiger partial charge in [-0.05, 0) is 104 Å². The van der Waals surface area contributed by atoms with E-state index in [0.717, 1.165) is 64.2 Å². The molecule has 1 aromatic rings. The quantitative estimate of drug-likeness (QED) is 0.282. The third kappa shape index (κ3) is 4.19. The van der Waals surface area contributed by atoms with E-state index in [2.05, 4.69) is 59.5 Å². The number of aryl methyl sites for hydroxylation is 1. The molecule has 232 valence electrons. The summed E-state index contributed by atoms with van der Waals surface area (Å²) < 4.78 is 8.17. The molecule has 6 heteroatoms. The number of esters is 1. The molecule has 1 heterocycles. The summed E-state index contributed by atoms with van der Waals surface area (Å²) in [6.45, 7) is 17.6. The van der Waals surface area contributed by atoms with Gasteiger partial charge in [-0.2, -0.15) is 0 Å². The van der Waals surface area contributed by atoms with Crippen LogP contribution in [-0.4, -0.2) is 32.7 Å². The minimum Gasteiger partial charge on any atom is -0.481 e. The molecule has 0 bridgehead atoms. The lowest BCUT2D eigenvalue weighted by Gasteiger charge is -2.71. The Bertz CT molecular complexity index is 1260. The van der Waals surface area contributed by atoms with Gasteiger partial charge in [-0.3, -0.25) is 9.59 Å². The first kappa shape index (κ1) is 29.9. The number of carbonyl (C=O) groups is 2. The molecule has 0 saturated heterocycles. The van der Waals surface area contributed by atoms with E-state index in [9.17, 15) is 14.7 Å². The molecule has 1 N–H and O–H groups in total. The molecule has 0 aliphatic heterocycles. The van der Waals surface area contributed by atoms with Crippen LogP contribution in [0.5, 0.6) is 0 Å². The SMILES string of the molecule is CC1(C)CC[C@]2(C(=O)O)CC[C@]3(C)C(=CCC4[C@@]5(C)CC[C@H](OC(=O)CCn6ccnc6)C(C)(C)C5CC[C@]43C)[C@@H]2C1. The predicted octanol–water partition coefficient (Wildman–Crippen LogP) is 8.07. The second-order valence-electron chi connectivity index (χ2n) is 17.1. The van der Waals surface area contributed by atoms with Crippen molar-refractivity contribution in [3.05, 3.63) is 30.4 Å². The highest BCUT2D eigenvalue weighted by Gasteiger charge is 2.69. The second-order valence-corrected chi connectivity index (χ2v) is 17.1. The monoisotopic (exact) mass is 578 g/mol. The van der Waals surface area contributed by atoms with Gasteiger partial charge in [-0.1, -0.05) is 60.1 Å². The Morgan fingerprint density at radius 3 is 2.40 bits per heavy atom. The first-order valence-corrected chi connectivity index (χ1v) is 16.7. The normalized spacial score (nSPS) is 43.5. The zero-order valence-electron chi connectivity index (χ0n) is 27.2.